The van der Waals surface area contributed by atoms with Crippen LogP contribution >= 0.6 is 0 Å². The smallest absolute Gasteiger partial charge is 0.137 e. The number of hydrogen-bond acceptors (Lipinski definition) is 2. The maximum absolute atomic E-state index is 5.67. The molecule has 0 saturated carbocycles. The van der Waals surface area contributed by atoms with Gasteiger partial charge in [0.05, 0.1) is 0 Å². The van der Waals surface area contributed by atoms with Crippen LogP contribution in [0.15, 0.2) is 22.6 Å². The summed E-state index contributed by atoms with van der Waals surface area (Å²) in [6, 6.07) is 6.30. The normalized spacial score (nSPS) is 11.1. The maximum Gasteiger partial charge on any atom is 0.137 e. The maximum atomic E-state index is 5.67. The molecule has 0 fully saturated rings. The molecule has 0 aliphatic heterocycles. The topological polar surface area (TPSA) is 22.4 Å². The first-order valence-electron chi connectivity index (χ1n) is 4.69. The third-order valence-corrected chi connectivity index (χ3v) is 2.28. The fourth-order valence-corrected chi connectivity index (χ4v) is 1.78. The van der Waals surface area contributed by atoms with Crippen LogP contribution in [0.5, 0.6) is 0 Å². The van der Waals surface area contributed by atoms with E-state index in [2.05, 4.69) is 26.0 Å². The van der Waals surface area contributed by atoms with E-state index in [0.29, 0.717) is 6.61 Å². The third-order valence-electron chi connectivity index (χ3n) is 2.28. The van der Waals surface area contributed by atoms with Crippen molar-refractivity contribution in [2.45, 2.75) is 20.5 Å². The predicted molar refractivity (Wildman–Crippen MR) is 56.4 cm³/mol. The zero-order chi connectivity index (χ0) is 10.1. The number of furan rings is 1. The van der Waals surface area contributed by atoms with Crippen molar-refractivity contribution < 1.29 is 9.15 Å². The van der Waals surface area contributed by atoms with Crippen molar-refractivity contribution in [2.24, 2.45) is 0 Å². The van der Waals surface area contributed by atoms with Gasteiger partial charge in [0.15, 0.2) is 0 Å². The Morgan fingerprint density at radius 3 is 2.71 bits per heavy atom. The lowest BCUT2D eigenvalue weighted by atomic mass is 10.1. The molecule has 0 N–H and O–H groups in total. The summed E-state index contributed by atoms with van der Waals surface area (Å²) in [5.41, 5.74) is 3.42. The molecule has 0 aliphatic carbocycles. The molecule has 0 bridgehead atoms. The Kier molecular flexibility index (Phi) is 2.30. The average molecular weight is 190 g/mol. The van der Waals surface area contributed by atoms with E-state index in [0.717, 1.165) is 16.7 Å². The largest absolute Gasteiger partial charge is 0.458 e. The molecule has 2 nitrogen and oxygen atoms in total. The molecule has 2 heteroatoms. The number of fused-ring (bicyclic) bond motifs is 1. The van der Waals surface area contributed by atoms with Crippen LogP contribution in [-0.4, -0.2) is 7.11 Å². The molecular weight excluding hydrogens is 176 g/mol. The van der Waals surface area contributed by atoms with Gasteiger partial charge in [-0.1, -0.05) is 11.6 Å². The van der Waals surface area contributed by atoms with Gasteiger partial charge >= 0.3 is 0 Å². The summed E-state index contributed by atoms with van der Waals surface area (Å²) in [5.74, 6) is 0.885. The van der Waals surface area contributed by atoms with E-state index < -0.39 is 0 Å². The molecular formula is C12H14O2. The first kappa shape index (κ1) is 9.28. The SMILES string of the molecule is COCc1cc2cc(C)cc(C)c2o1. The van der Waals surface area contributed by atoms with Gasteiger partial charge in [-0.25, -0.2) is 0 Å². The Balaban J connectivity index is 2.58. The van der Waals surface area contributed by atoms with Crippen molar-refractivity contribution in [1.29, 1.82) is 0 Å². The van der Waals surface area contributed by atoms with Gasteiger partial charge in [0.2, 0.25) is 0 Å². The predicted octanol–water partition coefficient (Wildman–Crippen LogP) is 3.20. The average Bonchev–Trinajstić information content (AvgIpc) is 2.48. The number of ether oxygens (including phenoxy) is 1. The van der Waals surface area contributed by atoms with Crippen molar-refractivity contribution in [3.63, 3.8) is 0 Å². The Labute approximate surface area is 83.5 Å². The number of hydrogen-bond donors (Lipinski definition) is 0. The molecule has 2 aromatic rings. The van der Waals surface area contributed by atoms with Gasteiger partial charge in [-0.2, -0.15) is 0 Å². The van der Waals surface area contributed by atoms with Crippen LogP contribution in [0.4, 0.5) is 0 Å². The van der Waals surface area contributed by atoms with Gasteiger partial charge in [-0.15, -0.1) is 0 Å². The van der Waals surface area contributed by atoms with E-state index in [4.69, 9.17) is 9.15 Å². The van der Waals surface area contributed by atoms with Crippen LogP contribution in [0.1, 0.15) is 16.9 Å². The highest BCUT2D eigenvalue weighted by molar-refractivity contribution is 5.81. The van der Waals surface area contributed by atoms with E-state index in [1.54, 1.807) is 7.11 Å². The molecule has 2 rings (SSSR count). The second kappa shape index (κ2) is 3.46. The highest BCUT2D eigenvalue weighted by atomic mass is 16.5. The fraction of sp³-hybridized carbons (Fsp3) is 0.333. The third kappa shape index (κ3) is 1.53. The molecule has 74 valence electrons. The Bertz CT molecular complexity index is 455. The van der Waals surface area contributed by atoms with Gasteiger partial charge < -0.3 is 9.15 Å². The summed E-state index contributed by atoms with van der Waals surface area (Å²) in [6.45, 7) is 4.69. The Morgan fingerprint density at radius 1 is 1.21 bits per heavy atom. The lowest BCUT2D eigenvalue weighted by Gasteiger charge is -1.96. The summed E-state index contributed by atoms with van der Waals surface area (Å²) in [4.78, 5) is 0. The Hall–Kier alpha value is -1.28. The molecule has 0 radical (unpaired) electrons. The minimum atomic E-state index is 0.535. The second-order valence-corrected chi connectivity index (χ2v) is 3.65. The van der Waals surface area contributed by atoms with Crippen LogP contribution in [0.3, 0.4) is 0 Å². The van der Waals surface area contributed by atoms with E-state index in [1.807, 2.05) is 6.07 Å². The Morgan fingerprint density at radius 2 is 2.00 bits per heavy atom. The zero-order valence-corrected chi connectivity index (χ0v) is 8.76. The standard InChI is InChI=1S/C12H14O2/c1-8-4-9(2)12-10(5-8)6-11(14-12)7-13-3/h4-6H,7H2,1-3H3. The van der Waals surface area contributed by atoms with Gasteiger partial charge in [-0.3, -0.25) is 0 Å². The van der Waals surface area contributed by atoms with Crippen LogP contribution in [-0.2, 0) is 11.3 Å². The van der Waals surface area contributed by atoms with Crippen molar-refractivity contribution in [3.05, 3.63) is 35.1 Å². The van der Waals surface area contributed by atoms with Gasteiger partial charge in [0.25, 0.3) is 0 Å². The van der Waals surface area contributed by atoms with E-state index >= 15 is 0 Å². The molecule has 0 aliphatic rings. The van der Waals surface area contributed by atoms with E-state index in [1.165, 1.54) is 11.1 Å². The van der Waals surface area contributed by atoms with Crippen LogP contribution < -0.4 is 0 Å². The highest BCUT2D eigenvalue weighted by Crippen LogP contribution is 2.24. The van der Waals surface area contributed by atoms with E-state index in [-0.39, 0.29) is 0 Å². The van der Waals surface area contributed by atoms with Crippen LogP contribution in [0, 0.1) is 13.8 Å². The lowest BCUT2D eigenvalue weighted by molar-refractivity contribution is 0.166. The molecule has 1 aromatic carbocycles. The minimum Gasteiger partial charge on any atom is -0.458 e. The highest BCUT2D eigenvalue weighted by Gasteiger charge is 2.06. The first-order valence-corrected chi connectivity index (χ1v) is 4.69. The summed E-state index contributed by atoms with van der Waals surface area (Å²) >= 11 is 0. The second-order valence-electron chi connectivity index (χ2n) is 3.65. The van der Waals surface area contributed by atoms with Gasteiger partial charge in [0.1, 0.15) is 18.0 Å². The molecule has 0 spiro atoms. The van der Waals surface area contributed by atoms with Crippen molar-refractivity contribution in [3.8, 4) is 0 Å². The summed E-state index contributed by atoms with van der Waals surface area (Å²) in [5, 5.41) is 1.16. The van der Waals surface area contributed by atoms with Crippen LogP contribution in [0.2, 0.25) is 0 Å². The molecule has 0 saturated heterocycles. The molecule has 0 atom stereocenters. The number of aryl methyl sites for hydroxylation is 2. The van der Waals surface area contributed by atoms with Crippen molar-refractivity contribution in [2.75, 3.05) is 7.11 Å². The van der Waals surface area contributed by atoms with Crippen LogP contribution in [0.25, 0.3) is 11.0 Å². The molecule has 1 aromatic heterocycles. The van der Waals surface area contributed by atoms with Crippen molar-refractivity contribution in [1.82, 2.24) is 0 Å². The monoisotopic (exact) mass is 190 g/mol. The lowest BCUT2D eigenvalue weighted by Crippen LogP contribution is -1.81. The first-order chi connectivity index (χ1) is 6.70. The van der Waals surface area contributed by atoms with E-state index in [9.17, 15) is 0 Å². The minimum absolute atomic E-state index is 0.535. The molecule has 0 unspecified atom stereocenters. The number of rotatable bonds is 2. The van der Waals surface area contributed by atoms with Gasteiger partial charge in [-0.05, 0) is 31.5 Å². The molecule has 1 heterocycles. The molecule has 14 heavy (non-hydrogen) atoms. The molecule has 0 amide bonds. The summed E-state index contributed by atoms with van der Waals surface area (Å²) in [7, 11) is 1.67. The van der Waals surface area contributed by atoms with Gasteiger partial charge in [0, 0.05) is 12.5 Å². The summed E-state index contributed by atoms with van der Waals surface area (Å²) < 4.78 is 10.7. The van der Waals surface area contributed by atoms with Crippen molar-refractivity contribution >= 4 is 11.0 Å². The number of benzene rings is 1. The zero-order valence-electron chi connectivity index (χ0n) is 8.76. The quantitative estimate of drug-likeness (QED) is 0.725. The number of methoxy groups -OCH3 is 1. The summed E-state index contributed by atoms with van der Waals surface area (Å²) in [6.07, 6.45) is 0. The fourth-order valence-electron chi connectivity index (χ4n) is 1.78.